The number of carbonyl (C=O) groups excluding carboxylic acids is 1. The van der Waals surface area contributed by atoms with E-state index in [1.807, 2.05) is 50.2 Å². The number of hydrogen-bond donors (Lipinski definition) is 0. The van der Waals surface area contributed by atoms with Gasteiger partial charge in [0.15, 0.2) is 28.4 Å². The molecule has 8 nitrogen and oxygen atoms in total. The van der Waals surface area contributed by atoms with Crippen LogP contribution in [-0.2, 0) is 6.54 Å². The van der Waals surface area contributed by atoms with Crippen LogP contribution in [0.15, 0.2) is 69.9 Å². The number of nitrogens with zero attached hydrogens (tertiary/aromatic N) is 1. The molecule has 2 aliphatic heterocycles. The summed E-state index contributed by atoms with van der Waals surface area (Å²) in [4.78, 5) is 29.3. The van der Waals surface area contributed by atoms with Crippen LogP contribution in [0.3, 0.4) is 0 Å². The van der Waals surface area contributed by atoms with Gasteiger partial charge in [-0.25, -0.2) is 0 Å². The van der Waals surface area contributed by atoms with Gasteiger partial charge in [0.1, 0.15) is 5.58 Å². The Kier molecular flexibility index (Phi) is 6.15. The van der Waals surface area contributed by atoms with Crippen molar-refractivity contribution in [2.24, 2.45) is 0 Å². The Labute approximate surface area is 219 Å². The van der Waals surface area contributed by atoms with Gasteiger partial charge in [0.2, 0.25) is 12.6 Å². The normalized spacial score (nSPS) is 15.7. The minimum Gasteiger partial charge on any atom is -0.490 e. The number of amides is 1. The molecule has 0 unspecified atom stereocenters. The van der Waals surface area contributed by atoms with Crippen LogP contribution in [0, 0.1) is 0 Å². The molecule has 8 heteroatoms. The van der Waals surface area contributed by atoms with Crippen molar-refractivity contribution in [3.05, 3.63) is 93.3 Å². The molecule has 6 rings (SSSR count). The van der Waals surface area contributed by atoms with Gasteiger partial charge < -0.3 is 28.3 Å². The zero-order valence-corrected chi connectivity index (χ0v) is 21.2. The molecule has 3 heterocycles. The average molecular weight is 514 g/mol. The van der Waals surface area contributed by atoms with Crippen molar-refractivity contribution in [1.82, 2.24) is 4.90 Å². The lowest BCUT2D eigenvalue weighted by Gasteiger charge is -2.26. The maximum atomic E-state index is 13.8. The number of ether oxygens (including phenoxy) is 4. The molecule has 38 heavy (non-hydrogen) atoms. The van der Waals surface area contributed by atoms with Gasteiger partial charge in [-0.15, -0.1) is 0 Å². The van der Waals surface area contributed by atoms with Crippen LogP contribution >= 0.6 is 0 Å². The Morgan fingerprint density at radius 2 is 1.76 bits per heavy atom. The summed E-state index contributed by atoms with van der Waals surface area (Å²) < 4.78 is 28.8. The summed E-state index contributed by atoms with van der Waals surface area (Å²) in [6.45, 7) is 5.33. The van der Waals surface area contributed by atoms with E-state index < -0.39 is 6.04 Å². The van der Waals surface area contributed by atoms with Crippen molar-refractivity contribution in [1.29, 1.82) is 0 Å². The molecule has 0 fully saturated rings. The Balaban J connectivity index is 1.49. The zero-order valence-electron chi connectivity index (χ0n) is 21.2. The molecule has 0 bridgehead atoms. The molecule has 3 aromatic carbocycles. The van der Waals surface area contributed by atoms with Crippen molar-refractivity contribution in [3.63, 3.8) is 0 Å². The molecule has 0 saturated heterocycles. The summed E-state index contributed by atoms with van der Waals surface area (Å²) in [7, 11) is 0. The summed E-state index contributed by atoms with van der Waals surface area (Å²) in [5.74, 6) is 2.17. The number of benzene rings is 3. The van der Waals surface area contributed by atoms with Gasteiger partial charge in [0.25, 0.3) is 5.91 Å². The molecule has 1 atom stereocenters. The summed E-state index contributed by atoms with van der Waals surface area (Å²) in [5, 5.41) is 0.432. The first-order valence-electron chi connectivity index (χ1n) is 12.7. The van der Waals surface area contributed by atoms with Gasteiger partial charge in [0.05, 0.1) is 30.2 Å². The SMILES string of the molecule is CCCOc1ccc([C@@H]2c3c(oc4ccccc4c3=O)C(=O)N2Cc2ccc3c(c2)OCO3)cc1OCC. The van der Waals surface area contributed by atoms with Crippen LogP contribution in [0.1, 0.15) is 53.6 Å². The van der Waals surface area contributed by atoms with Crippen LogP contribution in [-0.4, -0.2) is 30.8 Å². The molecule has 1 amide bonds. The Morgan fingerprint density at radius 3 is 2.61 bits per heavy atom. The van der Waals surface area contributed by atoms with Crippen LogP contribution in [0.4, 0.5) is 0 Å². The summed E-state index contributed by atoms with van der Waals surface area (Å²) in [6.07, 6.45) is 0.856. The van der Waals surface area contributed by atoms with Crippen molar-refractivity contribution < 1.29 is 28.2 Å². The quantitative estimate of drug-likeness (QED) is 0.309. The maximum absolute atomic E-state index is 13.8. The third-order valence-electron chi connectivity index (χ3n) is 6.71. The van der Waals surface area contributed by atoms with E-state index in [2.05, 4.69) is 0 Å². The van der Waals surface area contributed by atoms with Gasteiger partial charge in [0, 0.05) is 6.54 Å². The van der Waals surface area contributed by atoms with Gasteiger partial charge in [-0.1, -0.05) is 31.2 Å². The molecule has 0 N–H and O–H groups in total. The maximum Gasteiger partial charge on any atom is 0.291 e. The van der Waals surface area contributed by atoms with Crippen LogP contribution < -0.4 is 24.4 Å². The second-order valence-electron chi connectivity index (χ2n) is 9.18. The predicted octanol–water partition coefficient (Wildman–Crippen LogP) is 5.45. The van der Waals surface area contributed by atoms with E-state index in [4.69, 9.17) is 23.4 Å². The summed E-state index contributed by atoms with van der Waals surface area (Å²) in [6, 6.07) is 17.4. The standard InChI is InChI=1S/C30H27NO7/c1-3-13-35-22-12-10-19(15-25(22)34-4-2)27-26-28(32)20-7-5-6-8-21(20)38-29(26)30(33)31(27)16-18-9-11-23-24(14-18)37-17-36-23/h5-12,14-15,27H,3-4,13,16-17H2,1-2H3/t27-/m1/s1. The second kappa shape index (κ2) is 9.78. The predicted molar refractivity (Wildman–Crippen MR) is 140 cm³/mol. The van der Waals surface area contributed by atoms with E-state index >= 15 is 0 Å². The fourth-order valence-corrected chi connectivity index (χ4v) is 5.01. The van der Waals surface area contributed by atoms with Crippen LogP contribution in [0.25, 0.3) is 11.0 Å². The second-order valence-corrected chi connectivity index (χ2v) is 9.18. The monoisotopic (exact) mass is 513 g/mol. The fourth-order valence-electron chi connectivity index (χ4n) is 5.01. The third kappa shape index (κ3) is 4.02. The lowest BCUT2D eigenvalue weighted by atomic mass is 9.97. The Hall–Kier alpha value is -4.46. The highest BCUT2D eigenvalue weighted by atomic mass is 16.7. The minimum absolute atomic E-state index is 0.0590. The van der Waals surface area contributed by atoms with E-state index in [-0.39, 0.29) is 30.4 Å². The summed E-state index contributed by atoms with van der Waals surface area (Å²) in [5.41, 5.74) is 2.04. The van der Waals surface area contributed by atoms with Crippen molar-refractivity contribution in [2.45, 2.75) is 32.9 Å². The first-order chi connectivity index (χ1) is 18.6. The van der Waals surface area contributed by atoms with E-state index in [1.165, 1.54) is 0 Å². The lowest BCUT2D eigenvalue weighted by molar-refractivity contribution is 0.0714. The highest BCUT2D eigenvalue weighted by molar-refractivity contribution is 5.99. The Morgan fingerprint density at radius 1 is 0.921 bits per heavy atom. The largest absolute Gasteiger partial charge is 0.490 e. The number of hydrogen-bond acceptors (Lipinski definition) is 7. The number of fused-ring (bicyclic) bond motifs is 3. The number of carbonyl (C=O) groups is 1. The van der Waals surface area contributed by atoms with Gasteiger partial charge >= 0.3 is 0 Å². The molecule has 0 aliphatic carbocycles. The molecule has 2 aliphatic rings. The molecular weight excluding hydrogens is 486 g/mol. The highest BCUT2D eigenvalue weighted by Gasteiger charge is 2.43. The molecule has 0 radical (unpaired) electrons. The van der Waals surface area contributed by atoms with Crippen molar-refractivity contribution >= 4 is 16.9 Å². The molecule has 0 spiro atoms. The van der Waals surface area contributed by atoms with Crippen LogP contribution in [0.2, 0.25) is 0 Å². The van der Waals surface area contributed by atoms with Crippen LogP contribution in [0.5, 0.6) is 23.0 Å². The Bertz CT molecular complexity index is 1590. The minimum atomic E-state index is -0.678. The van der Waals surface area contributed by atoms with Crippen molar-refractivity contribution in [3.8, 4) is 23.0 Å². The van der Waals surface area contributed by atoms with Gasteiger partial charge in [-0.05, 0) is 60.9 Å². The molecular formula is C30H27NO7. The number of para-hydroxylation sites is 1. The van der Waals surface area contributed by atoms with Gasteiger partial charge in [-0.2, -0.15) is 0 Å². The molecule has 4 aromatic rings. The van der Waals surface area contributed by atoms with Crippen molar-refractivity contribution in [2.75, 3.05) is 20.0 Å². The van der Waals surface area contributed by atoms with E-state index in [1.54, 1.807) is 29.2 Å². The lowest BCUT2D eigenvalue weighted by Crippen LogP contribution is -2.29. The first-order valence-corrected chi connectivity index (χ1v) is 12.7. The summed E-state index contributed by atoms with van der Waals surface area (Å²) >= 11 is 0. The number of rotatable bonds is 8. The molecule has 1 aromatic heterocycles. The highest BCUT2D eigenvalue weighted by Crippen LogP contribution is 2.42. The fraction of sp³-hybridized carbons (Fsp3) is 0.267. The third-order valence-corrected chi connectivity index (χ3v) is 6.71. The molecule has 0 saturated carbocycles. The molecule has 194 valence electrons. The van der Waals surface area contributed by atoms with E-state index in [9.17, 15) is 9.59 Å². The zero-order chi connectivity index (χ0) is 26.2. The first kappa shape index (κ1) is 23.9. The topological polar surface area (TPSA) is 87.4 Å². The van der Waals surface area contributed by atoms with E-state index in [0.717, 1.165) is 17.5 Å². The average Bonchev–Trinajstić information content (AvgIpc) is 3.51. The van der Waals surface area contributed by atoms with E-state index in [0.29, 0.717) is 52.7 Å². The smallest absolute Gasteiger partial charge is 0.291 e. The van der Waals surface area contributed by atoms with Gasteiger partial charge in [-0.3, -0.25) is 9.59 Å².